The first-order chi connectivity index (χ1) is 8.34. The van der Waals surface area contributed by atoms with Crippen LogP contribution in [0.2, 0.25) is 5.15 Å². The van der Waals surface area contributed by atoms with Gasteiger partial charge in [-0.15, -0.1) is 0 Å². The summed E-state index contributed by atoms with van der Waals surface area (Å²) in [5, 5.41) is 8.66. The molecule has 0 aromatic carbocycles. The maximum absolute atomic E-state index is 12.3. The quantitative estimate of drug-likeness (QED) is 0.817. The standard InChI is InChI=1S/C10H15ClN4O2S/c1-4-15(6-8(2)5-12)18(16,17)10-9(11)14(3)7-13-10/h7-8H,4,6H2,1-3H3. The molecular formula is C10H15ClN4O2S. The molecule has 6 nitrogen and oxygen atoms in total. The van der Waals surface area contributed by atoms with Crippen molar-refractivity contribution in [1.82, 2.24) is 13.9 Å². The Balaban J connectivity index is 3.12. The van der Waals surface area contributed by atoms with E-state index in [1.165, 1.54) is 15.2 Å². The molecule has 0 fully saturated rings. The third-order valence-electron chi connectivity index (χ3n) is 2.47. The highest BCUT2D eigenvalue weighted by atomic mass is 35.5. The number of hydrogen-bond donors (Lipinski definition) is 0. The van der Waals surface area contributed by atoms with E-state index in [0.29, 0.717) is 0 Å². The molecule has 8 heteroatoms. The van der Waals surface area contributed by atoms with Crippen molar-refractivity contribution in [3.63, 3.8) is 0 Å². The van der Waals surface area contributed by atoms with E-state index < -0.39 is 10.0 Å². The number of nitrogens with zero attached hydrogens (tertiary/aromatic N) is 4. The van der Waals surface area contributed by atoms with Crippen LogP contribution in [0.5, 0.6) is 0 Å². The van der Waals surface area contributed by atoms with Crippen molar-refractivity contribution in [2.24, 2.45) is 13.0 Å². The van der Waals surface area contributed by atoms with Gasteiger partial charge in [0.2, 0.25) is 5.03 Å². The Labute approximate surface area is 112 Å². The summed E-state index contributed by atoms with van der Waals surface area (Å²) in [5.41, 5.74) is 0. The van der Waals surface area contributed by atoms with Crippen molar-refractivity contribution in [1.29, 1.82) is 5.26 Å². The maximum atomic E-state index is 12.3. The van der Waals surface area contributed by atoms with E-state index in [4.69, 9.17) is 16.9 Å². The number of nitriles is 1. The van der Waals surface area contributed by atoms with E-state index >= 15 is 0 Å². The molecule has 1 rings (SSSR count). The molecular weight excluding hydrogens is 276 g/mol. The topological polar surface area (TPSA) is 79.0 Å². The van der Waals surface area contributed by atoms with E-state index in [-0.39, 0.29) is 29.2 Å². The molecule has 1 heterocycles. The maximum Gasteiger partial charge on any atom is 0.263 e. The SMILES string of the molecule is CCN(CC(C)C#N)S(=O)(=O)c1ncn(C)c1Cl. The molecule has 0 amide bonds. The molecule has 1 atom stereocenters. The summed E-state index contributed by atoms with van der Waals surface area (Å²) in [6.07, 6.45) is 1.34. The van der Waals surface area contributed by atoms with E-state index in [1.54, 1.807) is 20.9 Å². The van der Waals surface area contributed by atoms with Gasteiger partial charge in [0.05, 0.1) is 18.3 Å². The number of halogens is 1. The monoisotopic (exact) mass is 290 g/mol. The second-order valence-electron chi connectivity index (χ2n) is 3.94. The second kappa shape index (κ2) is 5.69. The Kier molecular flexibility index (Phi) is 4.73. The zero-order valence-corrected chi connectivity index (χ0v) is 12.0. The van der Waals surface area contributed by atoms with Crippen molar-refractivity contribution in [3.8, 4) is 6.07 Å². The first kappa shape index (κ1) is 15.0. The molecule has 0 saturated carbocycles. The van der Waals surface area contributed by atoms with Gasteiger partial charge in [-0.05, 0) is 6.92 Å². The van der Waals surface area contributed by atoms with Gasteiger partial charge in [-0.2, -0.15) is 9.57 Å². The average molecular weight is 291 g/mol. The highest BCUT2D eigenvalue weighted by Gasteiger charge is 2.29. The van der Waals surface area contributed by atoms with Crippen molar-refractivity contribution in [3.05, 3.63) is 11.5 Å². The molecule has 1 aromatic heterocycles. The van der Waals surface area contributed by atoms with Crippen LogP contribution in [0.15, 0.2) is 11.4 Å². The molecule has 0 aliphatic carbocycles. The van der Waals surface area contributed by atoms with Crippen LogP contribution in [0.1, 0.15) is 13.8 Å². The Morgan fingerprint density at radius 2 is 2.28 bits per heavy atom. The number of sulfonamides is 1. The molecule has 0 N–H and O–H groups in total. The Morgan fingerprint density at radius 1 is 1.67 bits per heavy atom. The number of rotatable bonds is 5. The van der Waals surface area contributed by atoms with Gasteiger partial charge in [-0.1, -0.05) is 18.5 Å². The Bertz CT molecular complexity index is 561. The molecule has 100 valence electrons. The normalized spacial score (nSPS) is 13.6. The Morgan fingerprint density at radius 3 is 2.67 bits per heavy atom. The molecule has 0 saturated heterocycles. The fraction of sp³-hybridized carbons (Fsp3) is 0.600. The van der Waals surface area contributed by atoms with Crippen molar-refractivity contribution in [2.75, 3.05) is 13.1 Å². The first-order valence-electron chi connectivity index (χ1n) is 5.41. The molecule has 0 aliphatic heterocycles. The van der Waals surface area contributed by atoms with Gasteiger partial charge in [0.25, 0.3) is 10.0 Å². The zero-order chi connectivity index (χ0) is 13.9. The summed E-state index contributed by atoms with van der Waals surface area (Å²) in [6.45, 7) is 3.76. The molecule has 0 radical (unpaired) electrons. The van der Waals surface area contributed by atoms with Crippen molar-refractivity contribution >= 4 is 21.6 Å². The summed E-state index contributed by atoms with van der Waals surface area (Å²) in [4.78, 5) is 3.81. The molecule has 1 aromatic rings. The van der Waals surface area contributed by atoms with Crippen molar-refractivity contribution < 1.29 is 8.42 Å². The summed E-state index contributed by atoms with van der Waals surface area (Å²) in [7, 11) is -2.13. The molecule has 18 heavy (non-hydrogen) atoms. The van der Waals surface area contributed by atoms with E-state index in [2.05, 4.69) is 4.98 Å². The number of hydrogen-bond acceptors (Lipinski definition) is 4. The lowest BCUT2D eigenvalue weighted by Crippen LogP contribution is -2.34. The smallest absolute Gasteiger partial charge is 0.263 e. The predicted molar refractivity (Wildman–Crippen MR) is 67.4 cm³/mol. The van der Waals surface area contributed by atoms with Crippen LogP contribution >= 0.6 is 11.6 Å². The minimum absolute atomic E-state index is 0.0676. The number of aryl methyl sites for hydroxylation is 1. The number of imidazole rings is 1. The molecule has 1 unspecified atom stereocenters. The van der Waals surface area contributed by atoms with Gasteiger partial charge in [0.15, 0.2) is 0 Å². The highest BCUT2D eigenvalue weighted by molar-refractivity contribution is 7.89. The minimum Gasteiger partial charge on any atom is -0.324 e. The lowest BCUT2D eigenvalue weighted by atomic mass is 10.2. The number of aromatic nitrogens is 2. The lowest BCUT2D eigenvalue weighted by Gasteiger charge is -2.20. The van der Waals surface area contributed by atoms with Gasteiger partial charge < -0.3 is 4.57 Å². The fourth-order valence-corrected chi connectivity index (χ4v) is 3.36. The van der Waals surface area contributed by atoms with Gasteiger partial charge in [-0.3, -0.25) is 0 Å². The molecule has 0 spiro atoms. The zero-order valence-electron chi connectivity index (χ0n) is 10.5. The predicted octanol–water partition coefficient (Wildman–Crippen LogP) is 1.24. The van der Waals surface area contributed by atoms with Gasteiger partial charge >= 0.3 is 0 Å². The second-order valence-corrected chi connectivity index (χ2v) is 6.15. The lowest BCUT2D eigenvalue weighted by molar-refractivity contribution is 0.398. The van der Waals surface area contributed by atoms with Crippen LogP contribution < -0.4 is 0 Å². The van der Waals surface area contributed by atoms with Crippen LogP contribution in [0.25, 0.3) is 0 Å². The average Bonchev–Trinajstić information content (AvgIpc) is 2.66. The Hall–Kier alpha value is -1.10. The largest absolute Gasteiger partial charge is 0.324 e. The molecule has 0 bridgehead atoms. The van der Waals surface area contributed by atoms with E-state index in [9.17, 15) is 8.42 Å². The van der Waals surface area contributed by atoms with E-state index in [1.807, 2.05) is 6.07 Å². The summed E-state index contributed by atoms with van der Waals surface area (Å²) < 4.78 is 27.2. The minimum atomic E-state index is -3.75. The van der Waals surface area contributed by atoms with Gasteiger partial charge in [0.1, 0.15) is 5.15 Å². The van der Waals surface area contributed by atoms with Crippen LogP contribution in [-0.4, -0.2) is 35.4 Å². The first-order valence-corrected chi connectivity index (χ1v) is 7.23. The summed E-state index contributed by atoms with van der Waals surface area (Å²) in [5.74, 6) is -0.387. The molecule has 0 aliphatic rings. The third-order valence-corrected chi connectivity index (χ3v) is 4.90. The van der Waals surface area contributed by atoms with E-state index in [0.717, 1.165) is 0 Å². The fourth-order valence-electron chi connectivity index (χ4n) is 1.43. The summed E-state index contributed by atoms with van der Waals surface area (Å²) >= 11 is 5.89. The van der Waals surface area contributed by atoms with Gasteiger partial charge in [0, 0.05) is 20.1 Å². The third kappa shape index (κ3) is 2.83. The van der Waals surface area contributed by atoms with Crippen molar-refractivity contribution in [2.45, 2.75) is 18.9 Å². The van der Waals surface area contributed by atoms with Crippen LogP contribution in [0.4, 0.5) is 0 Å². The highest BCUT2D eigenvalue weighted by Crippen LogP contribution is 2.22. The van der Waals surface area contributed by atoms with Crippen LogP contribution in [-0.2, 0) is 17.1 Å². The summed E-state index contributed by atoms with van der Waals surface area (Å²) in [6, 6.07) is 2.01. The van der Waals surface area contributed by atoms with Crippen LogP contribution in [0, 0.1) is 17.2 Å². The van der Waals surface area contributed by atoms with Gasteiger partial charge in [-0.25, -0.2) is 13.4 Å². The van der Waals surface area contributed by atoms with Crippen LogP contribution in [0.3, 0.4) is 0 Å².